The maximum absolute atomic E-state index is 14.2. The van der Waals surface area contributed by atoms with E-state index in [0.29, 0.717) is 13.1 Å². The number of nitrogens with one attached hydrogen (secondary N) is 2. The van der Waals surface area contributed by atoms with Crippen molar-refractivity contribution in [3.8, 4) is 5.69 Å². The van der Waals surface area contributed by atoms with E-state index in [1.54, 1.807) is 11.0 Å². The Kier molecular flexibility index (Phi) is 3.66. The number of carbonyl (C=O) groups is 1. The molecule has 0 spiro atoms. The van der Waals surface area contributed by atoms with Crippen LogP contribution in [0.4, 0.5) is 4.39 Å². The van der Waals surface area contributed by atoms with E-state index in [1.165, 1.54) is 6.33 Å². The highest BCUT2D eigenvalue weighted by molar-refractivity contribution is 5.85. The summed E-state index contributed by atoms with van der Waals surface area (Å²) in [5.74, 6) is -0.548. The van der Waals surface area contributed by atoms with Crippen molar-refractivity contribution in [3.05, 3.63) is 42.5 Å². The highest BCUT2D eigenvalue weighted by atomic mass is 19.1. The summed E-state index contributed by atoms with van der Waals surface area (Å²) in [5, 5.41) is 9.54. The Balaban J connectivity index is 1.60. The molecule has 1 amide bonds. The fourth-order valence-corrected chi connectivity index (χ4v) is 2.30. The minimum Gasteiger partial charge on any atom is -0.349 e. The Hall–Kier alpha value is -2.28. The summed E-state index contributed by atoms with van der Waals surface area (Å²) in [6.07, 6.45) is 3.30. The number of rotatable bonds is 4. The first-order valence-corrected chi connectivity index (χ1v) is 6.79. The van der Waals surface area contributed by atoms with Gasteiger partial charge in [0.2, 0.25) is 5.67 Å². The van der Waals surface area contributed by atoms with Crippen molar-refractivity contribution < 1.29 is 9.18 Å². The minimum atomic E-state index is -1.78. The van der Waals surface area contributed by atoms with Crippen LogP contribution in [-0.2, 0) is 11.3 Å². The van der Waals surface area contributed by atoms with Crippen LogP contribution in [0.3, 0.4) is 0 Å². The van der Waals surface area contributed by atoms with Gasteiger partial charge in [-0.2, -0.15) is 5.10 Å². The lowest BCUT2D eigenvalue weighted by atomic mass is 10.0. The third-order valence-electron chi connectivity index (χ3n) is 3.58. The van der Waals surface area contributed by atoms with E-state index in [0.717, 1.165) is 11.3 Å². The zero-order chi connectivity index (χ0) is 14.7. The number of halogens is 1. The number of benzene rings is 1. The first-order chi connectivity index (χ1) is 10.2. The molecule has 1 aromatic heterocycles. The van der Waals surface area contributed by atoms with Gasteiger partial charge in [0, 0.05) is 19.5 Å². The summed E-state index contributed by atoms with van der Waals surface area (Å²) in [7, 11) is 0. The molecule has 7 heteroatoms. The lowest BCUT2D eigenvalue weighted by molar-refractivity contribution is -0.131. The van der Waals surface area contributed by atoms with Crippen LogP contribution in [0.5, 0.6) is 0 Å². The van der Waals surface area contributed by atoms with Gasteiger partial charge in [0.25, 0.3) is 5.91 Å². The maximum Gasteiger partial charge on any atom is 0.259 e. The molecule has 1 fully saturated rings. The molecule has 21 heavy (non-hydrogen) atoms. The predicted molar refractivity (Wildman–Crippen MR) is 74.5 cm³/mol. The minimum absolute atomic E-state index is 0.0874. The number of amides is 1. The van der Waals surface area contributed by atoms with Crippen molar-refractivity contribution in [2.75, 3.05) is 13.1 Å². The molecule has 0 aliphatic carbocycles. The molecule has 1 aliphatic heterocycles. The van der Waals surface area contributed by atoms with Gasteiger partial charge in [-0.1, -0.05) is 12.1 Å². The van der Waals surface area contributed by atoms with Gasteiger partial charge >= 0.3 is 0 Å². The fraction of sp³-hybridized carbons (Fsp3) is 0.357. The summed E-state index contributed by atoms with van der Waals surface area (Å²) in [6.45, 7) is 0.933. The zero-order valence-electron chi connectivity index (χ0n) is 11.4. The summed E-state index contributed by atoms with van der Waals surface area (Å²) in [5.41, 5.74) is 0.00650. The highest BCUT2D eigenvalue weighted by Gasteiger charge is 2.41. The van der Waals surface area contributed by atoms with Gasteiger partial charge in [0.1, 0.15) is 12.7 Å². The van der Waals surface area contributed by atoms with Gasteiger partial charge in [-0.25, -0.2) is 14.1 Å². The summed E-state index contributed by atoms with van der Waals surface area (Å²) in [6, 6.07) is 7.49. The second kappa shape index (κ2) is 5.61. The largest absolute Gasteiger partial charge is 0.349 e. The molecule has 1 saturated heterocycles. The number of nitrogens with zero attached hydrogens (tertiary/aromatic N) is 3. The van der Waals surface area contributed by atoms with Crippen LogP contribution in [0.25, 0.3) is 5.69 Å². The molecule has 1 unspecified atom stereocenters. The average Bonchev–Trinajstić information content (AvgIpc) is 3.17. The first-order valence-electron chi connectivity index (χ1n) is 6.79. The molecule has 2 N–H and O–H groups in total. The van der Waals surface area contributed by atoms with Crippen molar-refractivity contribution in [3.63, 3.8) is 0 Å². The third kappa shape index (κ3) is 2.92. The Bertz CT molecular complexity index is 605. The molecule has 0 saturated carbocycles. The number of aromatic nitrogens is 3. The van der Waals surface area contributed by atoms with E-state index < -0.39 is 11.6 Å². The molecule has 6 nitrogen and oxygen atoms in total. The Morgan fingerprint density at radius 3 is 2.86 bits per heavy atom. The normalized spacial score (nSPS) is 21.4. The van der Waals surface area contributed by atoms with Crippen LogP contribution >= 0.6 is 0 Å². The van der Waals surface area contributed by atoms with E-state index in [4.69, 9.17) is 0 Å². The first kappa shape index (κ1) is 13.7. The Morgan fingerprint density at radius 1 is 1.43 bits per heavy atom. The summed E-state index contributed by atoms with van der Waals surface area (Å²) in [4.78, 5) is 15.7. The van der Waals surface area contributed by atoms with Crippen molar-refractivity contribution in [1.29, 1.82) is 0 Å². The lowest BCUT2D eigenvalue weighted by Crippen LogP contribution is -2.44. The van der Waals surface area contributed by atoms with Gasteiger partial charge < -0.3 is 10.6 Å². The Labute approximate surface area is 121 Å². The molecule has 1 aliphatic rings. The third-order valence-corrected chi connectivity index (χ3v) is 3.58. The number of hydrogen-bond donors (Lipinski definition) is 2. The molecule has 110 valence electrons. The fourth-order valence-electron chi connectivity index (χ4n) is 2.30. The van der Waals surface area contributed by atoms with Crippen LogP contribution in [-0.4, -0.2) is 39.4 Å². The monoisotopic (exact) mass is 289 g/mol. The predicted octanol–water partition coefficient (Wildman–Crippen LogP) is 0.585. The van der Waals surface area contributed by atoms with E-state index in [-0.39, 0.29) is 13.0 Å². The van der Waals surface area contributed by atoms with Crippen LogP contribution in [0.1, 0.15) is 12.0 Å². The second-order valence-corrected chi connectivity index (χ2v) is 5.08. The molecule has 2 heterocycles. The van der Waals surface area contributed by atoms with Gasteiger partial charge in [-0.05, 0) is 24.2 Å². The smallest absolute Gasteiger partial charge is 0.259 e. The van der Waals surface area contributed by atoms with Gasteiger partial charge in [-0.3, -0.25) is 4.79 Å². The van der Waals surface area contributed by atoms with E-state index in [2.05, 4.69) is 20.7 Å². The standard InChI is InChI=1S/C14H16FN5O/c15-14(5-6-16-8-14)13(21)18-7-11-1-3-12(4-2-11)20-10-17-9-19-20/h1-4,9-10,16H,5-8H2,(H,18,21). The van der Waals surface area contributed by atoms with E-state index in [9.17, 15) is 9.18 Å². The van der Waals surface area contributed by atoms with Crippen molar-refractivity contribution >= 4 is 5.91 Å². The van der Waals surface area contributed by atoms with Crippen LogP contribution in [0.15, 0.2) is 36.9 Å². The average molecular weight is 289 g/mol. The van der Waals surface area contributed by atoms with Crippen LogP contribution < -0.4 is 10.6 Å². The van der Waals surface area contributed by atoms with E-state index in [1.807, 2.05) is 24.3 Å². The SMILES string of the molecule is O=C(NCc1ccc(-n2cncn2)cc1)C1(F)CCNC1. The molecular formula is C14H16FN5O. The zero-order valence-corrected chi connectivity index (χ0v) is 11.4. The van der Waals surface area contributed by atoms with E-state index >= 15 is 0 Å². The van der Waals surface area contributed by atoms with Gasteiger partial charge in [0.15, 0.2) is 0 Å². The van der Waals surface area contributed by atoms with Gasteiger partial charge in [-0.15, -0.1) is 0 Å². The molecule has 3 rings (SSSR count). The number of alkyl halides is 1. The molecule has 1 aromatic carbocycles. The number of carbonyl (C=O) groups excluding carboxylic acids is 1. The molecule has 0 radical (unpaired) electrons. The van der Waals surface area contributed by atoms with Crippen LogP contribution in [0.2, 0.25) is 0 Å². The van der Waals surface area contributed by atoms with Crippen molar-refractivity contribution in [2.24, 2.45) is 0 Å². The highest BCUT2D eigenvalue weighted by Crippen LogP contribution is 2.20. The Morgan fingerprint density at radius 2 is 2.24 bits per heavy atom. The topological polar surface area (TPSA) is 71.8 Å². The summed E-state index contributed by atoms with van der Waals surface area (Å²) >= 11 is 0. The van der Waals surface area contributed by atoms with Gasteiger partial charge in [0.05, 0.1) is 5.69 Å². The lowest BCUT2D eigenvalue weighted by Gasteiger charge is -2.17. The molecule has 1 atom stereocenters. The molecule has 0 bridgehead atoms. The van der Waals surface area contributed by atoms with Crippen molar-refractivity contribution in [2.45, 2.75) is 18.6 Å². The summed E-state index contributed by atoms with van der Waals surface area (Å²) < 4.78 is 15.8. The quantitative estimate of drug-likeness (QED) is 0.864. The molecular weight excluding hydrogens is 273 g/mol. The van der Waals surface area contributed by atoms with Crippen molar-refractivity contribution in [1.82, 2.24) is 25.4 Å². The maximum atomic E-state index is 14.2. The van der Waals surface area contributed by atoms with Crippen LogP contribution in [0, 0.1) is 0 Å². The second-order valence-electron chi connectivity index (χ2n) is 5.08. The number of hydrogen-bond acceptors (Lipinski definition) is 4. The molecule has 2 aromatic rings.